The van der Waals surface area contributed by atoms with Gasteiger partial charge in [0.25, 0.3) is 5.91 Å². The Bertz CT molecular complexity index is 1180. The molecule has 3 aromatic rings. The molecule has 168 valence electrons. The van der Waals surface area contributed by atoms with Crippen LogP contribution in [0.25, 0.3) is 6.08 Å². The molecule has 0 saturated heterocycles. The van der Waals surface area contributed by atoms with Crippen molar-refractivity contribution in [2.75, 3.05) is 31.4 Å². The maximum absolute atomic E-state index is 12.6. The highest BCUT2D eigenvalue weighted by Gasteiger charge is 2.12. The second kappa shape index (κ2) is 11.2. The first-order valence-corrected chi connectivity index (χ1v) is 10.9. The first-order valence-electron chi connectivity index (χ1n) is 10.2. The van der Waals surface area contributed by atoms with Gasteiger partial charge in [-0.15, -0.1) is 0 Å². The summed E-state index contributed by atoms with van der Waals surface area (Å²) in [6.07, 6.45) is 1.52. The summed E-state index contributed by atoms with van der Waals surface area (Å²) in [5, 5.41) is 12.3. The van der Waals surface area contributed by atoms with Crippen LogP contribution in [0, 0.1) is 11.3 Å². The van der Waals surface area contributed by atoms with E-state index in [1.54, 1.807) is 37.4 Å². The molecule has 33 heavy (non-hydrogen) atoms. The highest BCUT2D eigenvalue weighted by molar-refractivity contribution is 9.10. The van der Waals surface area contributed by atoms with E-state index >= 15 is 0 Å². The molecule has 0 unspecified atom stereocenters. The molecule has 0 aliphatic heterocycles. The third-order valence-corrected chi connectivity index (χ3v) is 5.34. The third-order valence-electron chi connectivity index (χ3n) is 4.81. The third kappa shape index (κ3) is 6.61. The van der Waals surface area contributed by atoms with Gasteiger partial charge in [-0.25, -0.2) is 0 Å². The highest BCUT2D eigenvalue weighted by Crippen LogP contribution is 2.30. The van der Waals surface area contributed by atoms with Crippen LogP contribution in [0.2, 0.25) is 0 Å². The number of nitriles is 1. The number of rotatable bonds is 8. The predicted molar refractivity (Wildman–Crippen MR) is 134 cm³/mol. The number of amides is 1. The SMILES string of the molecule is COc1cc(/C=C(/C#N)C(=O)Nc2ccc(N(C)C)cc2)ccc1OCc1ccc(Br)cc1. The monoisotopic (exact) mass is 505 g/mol. The lowest BCUT2D eigenvalue weighted by molar-refractivity contribution is -0.112. The first kappa shape index (κ1) is 23.9. The molecular formula is C26H24BrN3O3. The lowest BCUT2D eigenvalue weighted by Gasteiger charge is -2.13. The number of hydrogen-bond acceptors (Lipinski definition) is 5. The molecule has 1 N–H and O–H groups in total. The van der Waals surface area contributed by atoms with Crippen LogP contribution in [0.15, 0.2) is 76.8 Å². The Morgan fingerprint density at radius 3 is 2.36 bits per heavy atom. The molecule has 6 nitrogen and oxygen atoms in total. The van der Waals surface area contributed by atoms with Crippen LogP contribution in [-0.2, 0) is 11.4 Å². The van der Waals surface area contributed by atoms with E-state index < -0.39 is 5.91 Å². The average Bonchev–Trinajstić information content (AvgIpc) is 2.82. The molecule has 0 spiro atoms. The number of benzene rings is 3. The van der Waals surface area contributed by atoms with Crippen molar-refractivity contribution in [1.82, 2.24) is 0 Å². The lowest BCUT2D eigenvalue weighted by atomic mass is 10.1. The van der Waals surface area contributed by atoms with Gasteiger partial charge in [0.2, 0.25) is 0 Å². The molecule has 1 amide bonds. The van der Waals surface area contributed by atoms with E-state index in [1.165, 1.54) is 6.08 Å². The van der Waals surface area contributed by atoms with Gasteiger partial charge < -0.3 is 19.7 Å². The minimum Gasteiger partial charge on any atom is -0.493 e. The van der Waals surface area contributed by atoms with Crippen molar-refractivity contribution in [3.8, 4) is 17.6 Å². The maximum atomic E-state index is 12.6. The minimum absolute atomic E-state index is 0.0164. The Kier molecular flexibility index (Phi) is 8.11. The standard InChI is InChI=1S/C26H24BrN3O3/c1-30(2)23-11-9-22(10-12-23)29-26(31)20(16-28)14-19-6-13-24(25(15-19)32-3)33-17-18-4-7-21(27)8-5-18/h4-15H,17H2,1-3H3,(H,29,31)/b20-14-. The molecule has 0 aromatic heterocycles. The molecule has 0 atom stereocenters. The van der Waals surface area contributed by atoms with Gasteiger partial charge in [0.15, 0.2) is 11.5 Å². The zero-order chi connectivity index (χ0) is 23.8. The smallest absolute Gasteiger partial charge is 0.266 e. The fraction of sp³-hybridized carbons (Fsp3) is 0.154. The summed E-state index contributed by atoms with van der Waals surface area (Å²) in [4.78, 5) is 14.6. The second-order valence-electron chi connectivity index (χ2n) is 7.39. The summed E-state index contributed by atoms with van der Waals surface area (Å²) in [6.45, 7) is 0.386. The normalized spacial score (nSPS) is 10.8. The number of nitrogens with one attached hydrogen (secondary N) is 1. The molecule has 0 fully saturated rings. The van der Waals surface area contributed by atoms with Gasteiger partial charge in [-0.2, -0.15) is 5.26 Å². The van der Waals surface area contributed by atoms with Crippen molar-refractivity contribution < 1.29 is 14.3 Å². The van der Waals surface area contributed by atoms with E-state index in [1.807, 2.05) is 61.5 Å². The summed E-state index contributed by atoms with van der Waals surface area (Å²) >= 11 is 3.41. The summed E-state index contributed by atoms with van der Waals surface area (Å²) in [5.41, 5.74) is 3.28. The Morgan fingerprint density at radius 1 is 1.06 bits per heavy atom. The molecule has 3 aromatic carbocycles. The van der Waals surface area contributed by atoms with Crippen LogP contribution in [-0.4, -0.2) is 27.1 Å². The van der Waals surface area contributed by atoms with E-state index in [2.05, 4.69) is 21.2 Å². The average molecular weight is 506 g/mol. The number of methoxy groups -OCH3 is 1. The van der Waals surface area contributed by atoms with Crippen molar-refractivity contribution in [1.29, 1.82) is 5.26 Å². The molecule has 0 aliphatic rings. The zero-order valence-corrected chi connectivity index (χ0v) is 20.2. The fourth-order valence-electron chi connectivity index (χ4n) is 2.99. The number of ether oxygens (including phenoxy) is 2. The molecule has 7 heteroatoms. The number of carbonyl (C=O) groups is 1. The summed E-state index contributed by atoms with van der Waals surface area (Å²) in [5.74, 6) is 0.601. The molecular weight excluding hydrogens is 482 g/mol. The topological polar surface area (TPSA) is 74.6 Å². The van der Waals surface area contributed by atoms with Crippen LogP contribution in [0.5, 0.6) is 11.5 Å². The molecule has 0 saturated carbocycles. The first-order chi connectivity index (χ1) is 15.9. The van der Waals surface area contributed by atoms with E-state index in [0.717, 1.165) is 15.7 Å². The van der Waals surface area contributed by atoms with Crippen LogP contribution in [0.4, 0.5) is 11.4 Å². The summed E-state index contributed by atoms with van der Waals surface area (Å²) in [7, 11) is 5.43. The van der Waals surface area contributed by atoms with E-state index in [4.69, 9.17) is 9.47 Å². The van der Waals surface area contributed by atoms with Gasteiger partial charge in [-0.3, -0.25) is 4.79 Å². The molecule has 0 heterocycles. The highest BCUT2D eigenvalue weighted by atomic mass is 79.9. The Labute approximate surface area is 202 Å². The van der Waals surface area contributed by atoms with Gasteiger partial charge in [-0.1, -0.05) is 34.1 Å². The summed E-state index contributed by atoms with van der Waals surface area (Å²) < 4.78 is 12.3. The van der Waals surface area contributed by atoms with Crippen LogP contribution >= 0.6 is 15.9 Å². The van der Waals surface area contributed by atoms with Gasteiger partial charge in [0.1, 0.15) is 18.2 Å². The van der Waals surface area contributed by atoms with Crippen LogP contribution in [0.3, 0.4) is 0 Å². The quantitative estimate of drug-likeness (QED) is 0.316. The Hall–Kier alpha value is -3.76. The maximum Gasteiger partial charge on any atom is 0.266 e. The van der Waals surface area contributed by atoms with E-state index in [0.29, 0.717) is 29.4 Å². The molecule has 3 rings (SSSR count). The Balaban J connectivity index is 1.72. The zero-order valence-electron chi connectivity index (χ0n) is 18.6. The molecule has 0 radical (unpaired) electrons. The van der Waals surface area contributed by atoms with Crippen molar-refractivity contribution in [3.05, 3.63) is 87.9 Å². The van der Waals surface area contributed by atoms with E-state index in [-0.39, 0.29) is 5.57 Å². The number of hydrogen-bond donors (Lipinski definition) is 1. The van der Waals surface area contributed by atoms with Crippen molar-refractivity contribution >= 4 is 39.3 Å². The van der Waals surface area contributed by atoms with Crippen molar-refractivity contribution in [2.45, 2.75) is 6.61 Å². The molecule has 0 bridgehead atoms. The number of anilines is 2. The van der Waals surface area contributed by atoms with E-state index in [9.17, 15) is 10.1 Å². The van der Waals surface area contributed by atoms with Gasteiger partial charge >= 0.3 is 0 Å². The van der Waals surface area contributed by atoms with Crippen LogP contribution in [0.1, 0.15) is 11.1 Å². The van der Waals surface area contributed by atoms with Gasteiger partial charge in [0, 0.05) is 29.9 Å². The van der Waals surface area contributed by atoms with Gasteiger partial charge in [0.05, 0.1) is 7.11 Å². The lowest BCUT2D eigenvalue weighted by Crippen LogP contribution is -2.14. The minimum atomic E-state index is -0.482. The molecule has 0 aliphatic carbocycles. The number of carbonyl (C=O) groups excluding carboxylic acids is 1. The summed E-state index contributed by atoms with van der Waals surface area (Å²) in [6, 6.07) is 22.5. The van der Waals surface area contributed by atoms with Gasteiger partial charge in [-0.05, 0) is 65.7 Å². The Morgan fingerprint density at radius 2 is 1.76 bits per heavy atom. The predicted octanol–water partition coefficient (Wildman–Crippen LogP) is 5.65. The van der Waals surface area contributed by atoms with Crippen LogP contribution < -0.4 is 19.7 Å². The number of nitrogens with zero attached hydrogens (tertiary/aromatic N) is 2. The largest absolute Gasteiger partial charge is 0.493 e. The van der Waals surface area contributed by atoms with Crippen molar-refractivity contribution in [2.24, 2.45) is 0 Å². The number of halogens is 1. The van der Waals surface area contributed by atoms with Crippen molar-refractivity contribution in [3.63, 3.8) is 0 Å². The second-order valence-corrected chi connectivity index (χ2v) is 8.31. The fourth-order valence-corrected chi connectivity index (χ4v) is 3.26.